The van der Waals surface area contributed by atoms with Crippen LogP contribution < -0.4 is 5.73 Å². The molecule has 3 rings (SSSR count). The molecule has 1 nitrogen and oxygen atoms in total. The molecule has 1 fully saturated rings. The fourth-order valence-corrected chi connectivity index (χ4v) is 2.92. The van der Waals surface area contributed by atoms with E-state index in [4.69, 9.17) is 5.73 Å². The minimum atomic E-state index is -0.648. The smallest absolute Gasteiger partial charge is 0.133 e. The van der Waals surface area contributed by atoms with Gasteiger partial charge in [0, 0.05) is 17.0 Å². The minimum Gasteiger partial charge on any atom is -0.323 e. The van der Waals surface area contributed by atoms with E-state index in [1.54, 1.807) is 6.92 Å². The van der Waals surface area contributed by atoms with E-state index in [0.29, 0.717) is 5.56 Å². The summed E-state index contributed by atoms with van der Waals surface area (Å²) in [6, 6.07) is 11.9. The Balaban J connectivity index is 2.06. The van der Waals surface area contributed by atoms with Gasteiger partial charge in [0.05, 0.1) is 0 Å². The third kappa shape index (κ3) is 1.93. The van der Waals surface area contributed by atoms with Crippen molar-refractivity contribution in [3.05, 3.63) is 70.8 Å². The highest BCUT2D eigenvalue weighted by Crippen LogP contribution is 2.56. The zero-order valence-corrected chi connectivity index (χ0v) is 11.4. The van der Waals surface area contributed by atoms with Gasteiger partial charge in [0.25, 0.3) is 0 Å². The summed E-state index contributed by atoms with van der Waals surface area (Å²) >= 11 is 0. The number of rotatable bonds is 3. The fraction of sp³-hybridized carbons (Fsp3) is 0.294. The van der Waals surface area contributed by atoms with E-state index in [1.807, 2.05) is 30.3 Å². The largest absolute Gasteiger partial charge is 0.323 e. The Labute approximate surface area is 117 Å². The summed E-state index contributed by atoms with van der Waals surface area (Å²) in [6.45, 7) is 1.63. The van der Waals surface area contributed by atoms with Gasteiger partial charge in [0.15, 0.2) is 0 Å². The van der Waals surface area contributed by atoms with E-state index < -0.39 is 17.7 Å². The van der Waals surface area contributed by atoms with Gasteiger partial charge in [-0.1, -0.05) is 36.4 Å². The van der Waals surface area contributed by atoms with Crippen molar-refractivity contribution in [2.75, 3.05) is 0 Å². The van der Waals surface area contributed by atoms with Crippen LogP contribution in [0.15, 0.2) is 42.5 Å². The number of benzene rings is 2. The Bertz CT molecular complexity index is 633. The van der Waals surface area contributed by atoms with Gasteiger partial charge in [-0.05, 0) is 37.0 Å². The second-order valence-electron chi connectivity index (χ2n) is 5.59. The Morgan fingerprint density at radius 3 is 2.30 bits per heavy atom. The van der Waals surface area contributed by atoms with E-state index in [1.165, 1.54) is 12.1 Å². The molecule has 2 aromatic carbocycles. The standard InChI is InChI=1S/C17H17F2N/c1-11-7-8-13(18)14(15(11)19)16(20)17(9-10-17)12-5-3-2-4-6-12/h2-8,16H,9-10,20H2,1H3. The van der Waals surface area contributed by atoms with Gasteiger partial charge in [0.2, 0.25) is 0 Å². The quantitative estimate of drug-likeness (QED) is 0.898. The SMILES string of the molecule is Cc1ccc(F)c(C(N)C2(c3ccccc3)CC2)c1F. The van der Waals surface area contributed by atoms with Crippen LogP contribution in [-0.4, -0.2) is 0 Å². The Morgan fingerprint density at radius 2 is 1.70 bits per heavy atom. The van der Waals surface area contributed by atoms with Crippen molar-refractivity contribution < 1.29 is 8.78 Å². The van der Waals surface area contributed by atoms with Gasteiger partial charge < -0.3 is 5.73 Å². The Hall–Kier alpha value is -1.74. The maximum atomic E-state index is 14.3. The van der Waals surface area contributed by atoms with E-state index in [9.17, 15) is 8.78 Å². The van der Waals surface area contributed by atoms with Crippen LogP contribution >= 0.6 is 0 Å². The normalized spacial score (nSPS) is 17.8. The van der Waals surface area contributed by atoms with Crippen LogP contribution in [0.3, 0.4) is 0 Å². The molecule has 1 atom stereocenters. The van der Waals surface area contributed by atoms with Crippen molar-refractivity contribution in [1.82, 2.24) is 0 Å². The molecule has 2 aromatic rings. The summed E-state index contributed by atoms with van der Waals surface area (Å²) < 4.78 is 28.3. The van der Waals surface area contributed by atoms with Gasteiger partial charge in [-0.15, -0.1) is 0 Å². The van der Waals surface area contributed by atoms with Crippen LogP contribution in [0.2, 0.25) is 0 Å². The first-order valence-corrected chi connectivity index (χ1v) is 6.82. The highest BCUT2D eigenvalue weighted by atomic mass is 19.1. The maximum absolute atomic E-state index is 14.3. The van der Waals surface area contributed by atoms with E-state index >= 15 is 0 Å². The van der Waals surface area contributed by atoms with Gasteiger partial charge in [-0.2, -0.15) is 0 Å². The second kappa shape index (κ2) is 4.67. The summed E-state index contributed by atoms with van der Waals surface area (Å²) in [5.74, 6) is -1.07. The van der Waals surface area contributed by atoms with Crippen LogP contribution in [-0.2, 0) is 5.41 Å². The molecule has 0 bridgehead atoms. The maximum Gasteiger partial charge on any atom is 0.133 e. The first kappa shape index (κ1) is 13.3. The van der Waals surface area contributed by atoms with Crippen molar-refractivity contribution in [2.24, 2.45) is 5.73 Å². The topological polar surface area (TPSA) is 26.0 Å². The lowest BCUT2D eigenvalue weighted by atomic mass is 9.83. The summed E-state index contributed by atoms with van der Waals surface area (Å²) in [4.78, 5) is 0. The Kier molecular flexibility index (Phi) is 3.09. The molecule has 0 aliphatic heterocycles. The van der Waals surface area contributed by atoms with Crippen LogP contribution in [0.5, 0.6) is 0 Å². The van der Waals surface area contributed by atoms with Gasteiger partial charge >= 0.3 is 0 Å². The predicted molar refractivity (Wildman–Crippen MR) is 75.4 cm³/mol. The lowest BCUT2D eigenvalue weighted by molar-refractivity contribution is 0.466. The van der Waals surface area contributed by atoms with Crippen molar-refractivity contribution in [3.63, 3.8) is 0 Å². The molecular weight excluding hydrogens is 256 g/mol. The zero-order chi connectivity index (χ0) is 14.3. The van der Waals surface area contributed by atoms with Crippen molar-refractivity contribution in [3.8, 4) is 0 Å². The van der Waals surface area contributed by atoms with Crippen LogP contribution in [0.25, 0.3) is 0 Å². The molecule has 1 aliphatic rings. The minimum absolute atomic E-state index is 0.0198. The van der Waals surface area contributed by atoms with Crippen molar-refractivity contribution >= 4 is 0 Å². The van der Waals surface area contributed by atoms with Crippen LogP contribution in [0.1, 0.15) is 35.6 Å². The molecule has 20 heavy (non-hydrogen) atoms. The molecule has 3 heteroatoms. The number of halogens is 2. The molecule has 104 valence electrons. The van der Waals surface area contributed by atoms with Gasteiger partial charge in [0.1, 0.15) is 11.6 Å². The average Bonchev–Trinajstić information content (AvgIpc) is 3.26. The third-order valence-electron chi connectivity index (χ3n) is 4.36. The molecule has 0 spiro atoms. The van der Waals surface area contributed by atoms with Crippen LogP contribution in [0, 0.1) is 18.6 Å². The second-order valence-corrected chi connectivity index (χ2v) is 5.59. The molecule has 1 unspecified atom stereocenters. The average molecular weight is 273 g/mol. The molecule has 2 N–H and O–H groups in total. The summed E-state index contributed by atoms with van der Waals surface area (Å²) in [5.41, 5.74) is 7.45. The molecule has 0 heterocycles. The molecular formula is C17H17F2N. The monoisotopic (exact) mass is 273 g/mol. The molecule has 0 amide bonds. The number of nitrogens with two attached hydrogens (primary N) is 1. The Morgan fingerprint density at radius 1 is 1.05 bits per heavy atom. The van der Waals surface area contributed by atoms with Crippen molar-refractivity contribution in [1.29, 1.82) is 0 Å². The fourth-order valence-electron chi connectivity index (χ4n) is 2.92. The highest BCUT2D eigenvalue weighted by molar-refractivity contribution is 5.40. The predicted octanol–water partition coefficient (Wildman–Crippen LogP) is 4.00. The lowest BCUT2D eigenvalue weighted by Gasteiger charge is -2.25. The molecule has 1 aliphatic carbocycles. The first-order valence-electron chi connectivity index (χ1n) is 6.82. The van der Waals surface area contributed by atoms with E-state index in [0.717, 1.165) is 18.4 Å². The molecule has 1 saturated carbocycles. The number of aryl methyl sites for hydroxylation is 1. The van der Waals surface area contributed by atoms with Gasteiger partial charge in [-0.3, -0.25) is 0 Å². The molecule has 0 aromatic heterocycles. The summed E-state index contributed by atoms with van der Waals surface area (Å²) in [5, 5.41) is 0. The first-order chi connectivity index (χ1) is 9.56. The highest BCUT2D eigenvalue weighted by Gasteiger charge is 2.51. The number of hydrogen-bond acceptors (Lipinski definition) is 1. The third-order valence-corrected chi connectivity index (χ3v) is 4.36. The zero-order valence-electron chi connectivity index (χ0n) is 11.4. The molecule has 0 saturated heterocycles. The van der Waals surface area contributed by atoms with Gasteiger partial charge in [-0.25, -0.2) is 8.78 Å². The lowest BCUT2D eigenvalue weighted by Crippen LogP contribution is -2.28. The van der Waals surface area contributed by atoms with Crippen molar-refractivity contribution in [2.45, 2.75) is 31.2 Å². The van der Waals surface area contributed by atoms with Crippen LogP contribution in [0.4, 0.5) is 8.78 Å². The molecule has 0 radical (unpaired) electrons. The van der Waals surface area contributed by atoms with E-state index in [2.05, 4.69) is 0 Å². The summed E-state index contributed by atoms with van der Waals surface area (Å²) in [7, 11) is 0. The summed E-state index contributed by atoms with van der Waals surface area (Å²) in [6.07, 6.45) is 1.73. The number of hydrogen-bond donors (Lipinski definition) is 1. The van der Waals surface area contributed by atoms with E-state index in [-0.39, 0.29) is 11.0 Å².